The number of methoxy groups -OCH3 is 3. The van der Waals surface area contributed by atoms with Gasteiger partial charge < -0.3 is 24.3 Å². The maximum Gasteiger partial charge on any atom is 0.412 e. The van der Waals surface area contributed by atoms with Crippen LogP contribution in [0.25, 0.3) is 0 Å². The van der Waals surface area contributed by atoms with Gasteiger partial charge in [-0.25, -0.2) is 4.79 Å². The van der Waals surface area contributed by atoms with Crippen molar-refractivity contribution >= 4 is 17.7 Å². The lowest BCUT2D eigenvalue weighted by atomic mass is 10.1. The fraction of sp³-hybridized carbons (Fsp3) is 0.364. The first-order valence-corrected chi connectivity index (χ1v) is 9.34. The first kappa shape index (κ1) is 22.9. The second kappa shape index (κ2) is 9.87. The monoisotopic (exact) mass is 416 g/mol. The number of rotatable bonds is 7. The van der Waals surface area contributed by atoms with E-state index in [0.29, 0.717) is 28.5 Å². The van der Waals surface area contributed by atoms with Gasteiger partial charge in [-0.1, -0.05) is 6.07 Å². The van der Waals surface area contributed by atoms with Gasteiger partial charge in [-0.15, -0.1) is 0 Å². The molecule has 2 rings (SSSR count). The molecule has 0 aromatic heterocycles. The van der Waals surface area contributed by atoms with Gasteiger partial charge in [0.25, 0.3) is 5.91 Å². The van der Waals surface area contributed by atoms with E-state index in [1.54, 1.807) is 57.2 Å². The minimum absolute atomic E-state index is 0.249. The molecule has 0 fully saturated rings. The summed E-state index contributed by atoms with van der Waals surface area (Å²) < 4.78 is 21.2. The molecule has 2 amide bonds. The third-order valence-corrected chi connectivity index (χ3v) is 3.95. The number of carbonyl (C=O) groups excluding carboxylic acids is 2. The highest BCUT2D eigenvalue weighted by atomic mass is 16.6. The van der Waals surface area contributed by atoms with Gasteiger partial charge in [0.1, 0.15) is 5.60 Å². The van der Waals surface area contributed by atoms with Crippen LogP contribution in [0.2, 0.25) is 0 Å². The lowest BCUT2D eigenvalue weighted by Gasteiger charge is -2.19. The predicted octanol–water partition coefficient (Wildman–Crippen LogP) is 3.99. The van der Waals surface area contributed by atoms with Gasteiger partial charge in [-0.3, -0.25) is 10.1 Å². The number of hydrogen-bond donors (Lipinski definition) is 2. The Labute approximate surface area is 176 Å². The van der Waals surface area contributed by atoms with E-state index < -0.39 is 11.7 Å². The Bertz CT molecular complexity index is 880. The summed E-state index contributed by atoms with van der Waals surface area (Å²) in [4.78, 5) is 24.5. The Morgan fingerprint density at radius 3 is 2.10 bits per heavy atom. The van der Waals surface area contributed by atoms with Crippen molar-refractivity contribution in [3.63, 3.8) is 0 Å². The van der Waals surface area contributed by atoms with Crippen LogP contribution in [0.15, 0.2) is 36.4 Å². The number of benzene rings is 2. The first-order chi connectivity index (χ1) is 14.2. The molecule has 8 heteroatoms. The molecule has 2 aromatic rings. The van der Waals surface area contributed by atoms with Crippen molar-refractivity contribution in [3.05, 3.63) is 47.5 Å². The van der Waals surface area contributed by atoms with Crippen molar-refractivity contribution in [3.8, 4) is 17.2 Å². The third-order valence-electron chi connectivity index (χ3n) is 3.95. The maximum atomic E-state index is 12.6. The van der Waals surface area contributed by atoms with Gasteiger partial charge in [-0.05, 0) is 56.7 Å². The first-order valence-electron chi connectivity index (χ1n) is 9.34. The van der Waals surface area contributed by atoms with E-state index in [9.17, 15) is 9.59 Å². The van der Waals surface area contributed by atoms with Crippen molar-refractivity contribution in [2.45, 2.75) is 32.9 Å². The minimum Gasteiger partial charge on any atom is -0.493 e. The van der Waals surface area contributed by atoms with E-state index in [2.05, 4.69) is 10.6 Å². The van der Waals surface area contributed by atoms with Crippen LogP contribution in [0.1, 0.15) is 36.7 Å². The van der Waals surface area contributed by atoms with Crippen molar-refractivity contribution in [2.24, 2.45) is 0 Å². The van der Waals surface area contributed by atoms with E-state index in [1.165, 1.54) is 21.3 Å². The lowest BCUT2D eigenvalue weighted by Crippen LogP contribution is -2.27. The van der Waals surface area contributed by atoms with Gasteiger partial charge in [0.05, 0.1) is 21.3 Å². The second-order valence-corrected chi connectivity index (χ2v) is 7.42. The number of ether oxygens (including phenoxy) is 4. The number of hydrogen-bond acceptors (Lipinski definition) is 6. The summed E-state index contributed by atoms with van der Waals surface area (Å²) >= 11 is 0. The van der Waals surface area contributed by atoms with Crippen LogP contribution < -0.4 is 24.8 Å². The molecule has 0 aliphatic carbocycles. The van der Waals surface area contributed by atoms with E-state index in [0.717, 1.165) is 5.56 Å². The molecule has 2 aromatic carbocycles. The van der Waals surface area contributed by atoms with Gasteiger partial charge in [-0.2, -0.15) is 0 Å². The molecule has 0 spiro atoms. The smallest absolute Gasteiger partial charge is 0.412 e. The molecule has 162 valence electrons. The van der Waals surface area contributed by atoms with Crippen LogP contribution in [0.3, 0.4) is 0 Å². The summed E-state index contributed by atoms with van der Waals surface area (Å²) in [5.74, 6) is 1.20. The molecule has 2 N–H and O–H groups in total. The molecule has 8 nitrogen and oxygen atoms in total. The third kappa shape index (κ3) is 6.30. The Balaban J connectivity index is 2.08. The molecule has 0 saturated carbocycles. The Morgan fingerprint density at radius 2 is 1.57 bits per heavy atom. The number of anilines is 1. The molecule has 30 heavy (non-hydrogen) atoms. The molecule has 0 aliphatic heterocycles. The zero-order valence-corrected chi connectivity index (χ0v) is 18.1. The van der Waals surface area contributed by atoms with E-state index in [1.807, 2.05) is 0 Å². The number of carbonyl (C=O) groups is 2. The van der Waals surface area contributed by atoms with Gasteiger partial charge in [0, 0.05) is 17.8 Å². The van der Waals surface area contributed by atoms with Crippen LogP contribution in [0, 0.1) is 0 Å². The summed E-state index contributed by atoms with van der Waals surface area (Å²) in [6.07, 6.45) is -0.586. The highest BCUT2D eigenvalue weighted by Crippen LogP contribution is 2.38. The molecule has 0 unspecified atom stereocenters. The lowest BCUT2D eigenvalue weighted by molar-refractivity contribution is 0.0635. The number of amides is 2. The zero-order chi connectivity index (χ0) is 22.3. The SMILES string of the molecule is COc1cc(CNC(=O)c2cccc(NC(=O)OC(C)(C)C)c2)cc(OC)c1OC. The second-order valence-electron chi connectivity index (χ2n) is 7.42. The molecule has 0 heterocycles. The summed E-state index contributed by atoms with van der Waals surface area (Å²) in [5, 5.41) is 5.46. The fourth-order valence-electron chi connectivity index (χ4n) is 2.68. The fourth-order valence-corrected chi connectivity index (χ4v) is 2.68. The van der Waals surface area contributed by atoms with E-state index in [4.69, 9.17) is 18.9 Å². The van der Waals surface area contributed by atoms with Crippen molar-refractivity contribution < 1.29 is 28.5 Å². The summed E-state index contributed by atoms with van der Waals surface area (Å²) in [6.45, 7) is 5.58. The molecule has 0 aliphatic rings. The Kier molecular flexibility index (Phi) is 7.52. The van der Waals surface area contributed by atoms with Crippen LogP contribution in [-0.4, -0.2) is 38.9 Å². The maximum absolute atomic E-state index is 12.6. The molecule has 0 atom stereocenters. The predicted molar refractivity (Wildman–Crippen MR) is 114 cm³/mol. The average molecular weight is 416 g/mol. The van der Waals surface area contributed by atoms with Crippen molar-refractivity contribution in [1.29, 1.82) is 0 Å². The molecule has 0 bridgehead atoms. The minimum atomic E-state index is -0.612. The molecule has 0 saturated heterocycles. The van der Waals surface area contributed by atoms with Gasteiger partial charge in [0.2, 0.25) is 5.75 Å². The normalized spacial score (nSPS) is 10.7. The van der Waals surface area contributed by atoms with Crippen LogP contribution in [0.5, 0.6) is 17.2 Å². The van der Waals surface area contributed by atoms with Gasteiger partial charge in [0.15, 0.2) is 11.5 Å². The quantitative estimate of drug-likeness (QED) is 0.709. The van der Waals surface area contributed by atoms with Crippen LogP contribution in [0.4, 0.5) is 10.5 Å². The van der Waals surface area contributed by atoms with Crippen LogP contribution >= 0.6 is 0 Å². The highest BCUT2D eigenvalue weighted by molar-refractivity contribution is 5.96. The topological polar surface area (TPSA) is 95.1 Å². The van der Waals surface area contributed by atoms with E-state index in [-0.39, 0.29) is 12.5 Å². The Morgan fingerprint density at radius 1 is 0.933 bits per heavy atom. The summed E-state index contributed by atoms with van der Waals surface area (Å²) in [7, 11) is 4.59. The summed E-state index contributed by atoms with van der Waals surface area (Å²) in [6, 6.07) is 10.1. The largest absolute Gasteiger partial charge is 0.493 e. The number of nitrogens with one attached hydrogen (secondary N) is 2. The Hall–Kier alpha value is -3.42. The molecule has 0 radical (unpaired) electrons. The van der Waals surface area contributed by atoms with E-state index >= 15 is 0 Å². The standard InChI is InChI=1S/C22H28N2O6/c1-22(2,3)30-21(26)24-16-9-7-8-15(12-16)20(25)23-13-14-10-17(27-4)19(29-6)18(11-14)28-5/h7-12H,13H2,1-6H3,(H,23,25)(H,24,26). The van der Waals surface area contributed by atoms with Crippen molar-refractivity contribution in [1.82, 2.24) is 5.32 Å². The molecular weight excluding hydrogens is 388 g/mol. The van der Waals surface area contributed by atoms with Gasteiger partial charge >= 0.3 is 6.09 Å². The zero-order valence-electron chi connectivity index (χ0n) is 18.1. The summed E-state index contributed by atoms with van der Waals surface area (Å²) in [5.41, 5.74) is 1.03. The average Bonchev–Trinajstić information content (AvgIpc) is 2.69. The highest BCUT2D eigenvalue weighted by Gasteiger charge is 2.17. The van der Waals surface area contributed by atoms with Crippen LogP contribution in [-0.2, 0) is 11.3 Å². The molecular formula is C22H28N2O6. The van der Waals surface area contributed by atoms with Crippen molar-refractivity contribution in [2.75, 3.05) is 26.6 Å².